The van der Waals surface area contributed by atoms with E-state index in [-0.39, 0.29) is 11.7 Å². The maximum Gasteiger partial charge on any atom is 0.332 e. The van der Waals surface area contributed by atoms with Crippen LogP contribution in [0.15, 0.2) is 0 Å². The Morgan fingerprint density at radius 1 is 1.40 bits per heavy atom. The van der Waals surface area contributed by atoms with Crippen molar-refractivity contribution in [2.45, 2.75) is 33.2 Å². The van der Waals surface area contributed by atoms with E-state index in [4.69, 9.17) is 0 Å². The van der Waals surface area contributed by atoms with Gasteiger partial charge in [-0.15, -0.1) is 0 Å². The summed E-state index contributed by atoms with van der Waals surface area (Å²) in [5.41, 5.74) is 0.314. The molecular weight excluding hydrogens is 278 g/mol. The van der Waals surface area contributed by atoms with Crippen LogP contribution in [0, 0.1) is 17.0 Å². The van der Waals surface area contributed by atoms with Gasteiger partial charge in [0.05, 0.1) is 4.92 Å². The predicted octanol–water partition coefficient (Wildman–Crippen LogP) is 2.68. The number of nitrogens with one attached hydrogen (secondary N) is 2. The zero-order valence-corrected chi connectivity index (χ0v) is 13.1. The van der Waals surface area contributed by atoms with Crippen LogP contribution in [0.5, 0.6) is 0 Å². The quantitative estimate of drug-likeness (QED) is 0.563. The van der Waals surface area contributed by atoms with Crippen LogP contribution in [-0.2, 0) is 0 Å². The molecule has 0 aromatic carbocycles. The molecule has 0 bridgehead atoms. The molecule has 1 aromatic rings. The molecule has 2 N–H and O–H groups in total. The molecule has 0 spiro atoms. The fourth-order valence-electron chi connectivity index (χ4n) is 1.78. The molecule has 20 heavy (non-hydrogen) atoms. The van der Waals surface area contributed by atoms with Crippen molar-refractivity contribution >= 4 is 29.2 Å². The number of hydrogen-bond donors (Lipinski definition) is 2. The third-order valence-electron chi connectivity index (χ3n) is 2.78. The van der Waals surface area contributed by atoms with Gasteiger partial charge in [0.25, 0.3) is 0 Å². The Bertz CT molecular complexity index is 469. The number of anilines is 2. The average molecular weight is 299 g/mol. The maximum atomic E-state index is 11.2. The molecule has 1 heterocycles. The van der Waals surface area contributed by atoms with E-state index in [0.29, 0.717) is 24.0 Å². The summed E-state index contributed by atoms with van der Waals surface area (Å²) in [6, 6.07) is 0.146. The molecule has 0 radical (unpaired) electrons. The van der Waals surface area contributed by atoms with Crippen molar-refractivity contribution < 1.29 is 4.92 Å². The second kappa shape index (κ2) is 7.88. The first-order valence-corrected chi connectivity index (χ1v) is 7.95. The van der Waals surface area contributed by atoms with E-state index in [1.165, 1.54) is 0 Å². The summed E-state index contributed by atoms with van der Waals surface area (Å²) in [4.78, 5) is 19.1. The van der Waals surface area contributed by atoms with Crippen LogP contribution in [0.2, 0.25) is 0 Å². The van der Waals surface area contributed by atoms with Crippen molar-refractivity contribution in [1.29, 1.82) is 0 Å². The van der Waals surface area contributed by atoms with Crippen molar-refractivity contribution in [2.24, 2.45) is 0 Å². The van der Waals surface area contributed by atoms with Gasteiger partial charge in [0.15, 0.2) is 0 Å². The van der Waals surface area contributed by atoms with Gasteiger partial charge in [-0.1, -0.05) is 6.92 Å². The Kier molecular flexibility index (Phi) is 6.50. The van der Waals surface area contributed by atoms with E-state index in [9.17, 15) is 10.1 Å². The van der Waals surface area contributed by atoms with Gasteiger partial charge in [0, 0.05) is 18.3 Å². The third kappa shape index (κ3) is 4.22. The number of nitro groups is 1. The summed E-state index contributed by atoms with van der Waals surface area (Å²) < 4.78 is 0. The van der Waals surface area contributed by atoms with Crippen LogP contribution >= 0.6 is 11.8 Å². The van der Waals surface area contributed by atoms with Gasteiger partial charge in [-0.3, -0.25) is 10.1 Å². The number of nitrogens with zero attached hydrogens (tertiary/aromatic N) is 3. The SMILES string of the molecule is CCNc1nc(C)c([N+](=O)[O-])c(NC(CC)CSC)n1. The minimum atomic E-state index is -0.431. The molecule has 8 heteroatoms. The first-order valence-electron chi connectivity index (χ1n) is 6.55. The van der Waals surface area contributed by atoms with Crippen molar-refractivity contribution in [2.75, 3.05) is 29.2 Å². The molecular formula is C12H21N5O2S. The molecule has 0 amide bonds. The summed E-state index contributed by atoms with van der Waals surface area (Å²) in [5.74, 6) is 1.57. The normalized spacial score (nSPS) is 12.0. The van der Waals surface area contributed by atoms with E-state index in [2.05, 4.69) is 20.6 Å². The minimum absolute atomic E-state index is 0.0498. The van der Waals surface area contributed by atoms with E-state index in [1.807, 2.05) is 20.1 Å². The smallest absolute Gasteiger partial charge is 0.332 e. The fourth-order valence-corrected chi connectivity index (χ4v) is 2.50. The highest BCUT2D eigenvalue weighted by Gasteiger charge is 2.23. The molecule has 1 atom stereocenters. The first-order chi connectivity index (χ1) is 9.53. The van der Waals surface area contributed by atoms with Crippen LogP contribution in [0.3, 0.4) is 0 Å². The van der Waals surface area contributed by atoms with Crippen molar-refractivity contribution in [3.8, 4) is 0 Å². The highest BCUT2D eigenvalue weighted by atomic mass is 32.2. The van der Waals surface area contributed by atoms with Crippen molar-refractivity contribution in [3.63, 3.8) is 0 Å². The highest BCUT2D eigenvalue weighted by molar-refractivity contribution is 7.98. The van der Waals surface area contributed by atoms with Crippen LogP contribution in [0.1, 0.15) is 26.0 Å². The molecule has 1 unspecified atom stereocenters. The number of aromatic nitrogens is 2. The second-order valence-corrected chi connectivity index (χ2v) is 5.23. The third-order valence-corrected chi connectivity index (χ3v) is 3.51. The van der Waals surface area contributed by atoms with Gasteiger partial charge in [0.1, 0.15) is 5.69 Å². The van der Waals surface area contributed by atoms with Crippen molar-refractivity contribution in [3.05, 3.63) is 15.8 Å². The number of thioether (sulfide) groups is 1. The lowest BCUT2D eigenvalue weighted by Gasteiger charge is -2.17. The van der Waals surface area contributed by atoms with Crippen molar-refractivity contribution in [1.82, 2.24) is 9.97 Å². The minimum Gasteiger partial charge on any atom is -0.361 e. The molecule has 0 aliphatic carbocycles. The fraction of sp³-hybridized carbons (Fsp3) is 0.667. The number of hydrogen-bond acceptors (Lipinski definition) is 7. The van der Waals surface area contributed by atoms with E-state index < -0.39 is 4.92 Å². The Hall–Kier alpha value is -1.57. The van der Waals surface area contributed by atoms with Crippen LogP contribution in [-0.4, -0.2) is 39.5 Å². The topological polar surface area (TPSA) is 93.0 Å². The molecule has 1 aromatic heterocycles. The first kappa shape index (κ1) is 16.5. The van der Waals surface area contributed by atoms with Gasteiger partial charge in [-0.2, -0.15) is 16.7 Å². The lowest BCUT2D eigenvalue weighted by atomic mass is 10.2. The average Bonchev–Trinajstić information content (AvgIpc) is 2.37. The lowest BCUT2D eigenvalue weighted by Crippen LogP contribution is -2.23. The van der Waals surface area contributed by atoms with E-state index in [1.54, 1.807) is 18.7 Å². The van der Waals surface area contributed by atoms with Gasteiger partial charge in [-0.05, 0) is 26.5 Å². The van der Waals surface area contributed by atoms with Gasteiger partial charge < -0.3 is 10.6 Å². The summed E-state index contributed by atoms with van der Waals surface area (Å²) in [6.45, 7) is 6.26. The second-order valence-electron chi connectivity index (χ2n) is 4.32. The van der Waals surface area contributed by atoms with Gasteiger partial charge in [0.2, 0.25) is 11.8 Å². The number of rotatable bonds is 8. The van der Waals surface area contributed by atoms with Gasteiger partial charge in [-0.25, -0.2) is 4.98 Å². The van der Waals surface area contributed by atoms with Gasteiger partial charge >= 0.3 is 5.69 Å². The summed E-state index contributed by atoms with van der Waals surface area (Å²) in [6.07, 6.45) is 2.88. The van der Waals surface area contributed by atoms with E-state index >= 15 is 0 Å². The molecule has 0 saturated heterocycles. The molecule has 0 aliphatic heterocycles. The predicted molar refractivity (Wildman–Crippen MR) is 83.7 cm³/mol. The maximum absolute atomic E-state index is 11.2. The molecule has 0 fully saturated rings. The summed E-state index contributed by atoms with van der Waals surface area (Å²) >= 11 is 1.70. The summed E-state index contributed by atoms with van der Waals surface area (Å²) in [7, 11) is 0. The Morgan fingerprint density at radius 2 is 2.10 bits per heavy atom. The lowest BCUT2D eigenvalue weighted by molar-refractivity contribution is -0.385. The molecule has 1 rings (SSSR count). The summed E-state index contributed by atoms with van der Waals surface area (Å²) in [5, 5.41) is 17.4. The molecule has 112 valence electrons. The van der Waals surface area contributed by atoms with Crippen LogP contribution in [0.25, 0.3) is 0 Å². The molecule has 0 saturated carbocycles. The Morgan fingerprint density at radius 3 is 2.60 bits per heavy atom. The highest BCUT2D eigenvalue weighted by Crippen LogP contribution is 2.27. The zero-order chi connectivity index (χ0) is 15.1. The number of aryl methyl sites for hydroxylation is 1. The Balaban J connectivity index is 3.15. The molecule has 7 nitrogen and oxygen atoms in total. The van der Waals surface area contributed by atoms with Crippen LogP contribution < -0.4 is 10.6 Å². The van der Waals surface area contributed by atoms with E-state index in [0.717, 1.165) is 12.2 Å². The molecule has 0 aliphatic rings. The monoisotopic (exact) mass is 299 g/mol. The zero-order valence-electron chi connectivity index (χ0n) is 12.3. The Labute approximate surface area is 123 Å². The van der Waals surface area contributed by atoms with Crippen LogP contribution in [0.4, 0.5) is 17.5 Å². The standard InChI is InChI=1S/C12H21N5O2S/c1-5-9(7-20-4)15-11-10(17(18)19)8(3)14-12(16-11)13-6-2/h9H,5-7H2,1-4H3,(H2,13,14,15,16). The largest absolute Gasteiger partial charge is 0.361 e.